The molecule has 2 aliphatic rings. The molecule has 1 atom stereocenters. The Balaban J connectivity index is 1.24. The smallest absolute Gasteiger partial charge is 0.194 e. The molecule has 0 amide bonds. The summed E-state index contributed by atoms with van der Waals surface area (Å²) in [6.45, 7) is 11.8. The van der Waals surface area contributed by atoms with Crippen LogP contribution in [0.4, 0.5) is 5.00 Å². The molecular formula is C24H35N5S. The lowest BCUT2D eigenvalue weighted by molar-refractivity contribution is 0.329. The molecule has 0 bridgehead atoms. The van der Waals surface area contributed by atoms with Crippen molar-refractivity contribution >= 4 is 22.3 Å². The van der Waals surface area contributed by atoms with Gasteiger partial charge in [0.2, 0.25) is 0 Å². The number of aliphatic imine (C=N–C) groups is 1. The lowest BCUT2D eigenvalue weighted by Crippen LogP contribution is -2.52. The van der Waals surface area contributed by atoms with Gasteiger partial charge in [-0.05, 0) is 55.3 Å². The molecule has 2 aromatic rings. The monoisotopic (exact) mass is 425 g/mol. The van der Waals surface area contributed by atoms with E-state index in [0.717, 1.165) is 58.2 Å². The second-order valence-electron chi connectivity index (χ2n) is 8.31. The first kappa shape index (κ1) is 21.2. The van der Waals surface area contributed by atoms with Crippen LogP contribution in [0, 0.1) is 5.92 Å². The number of nitrogens with zero attached hydrogens (tertiary/aromatic N) is 4. The van der Waals surface area contributed by atoms with Gasteiger partial charge in [0.25, 0.3) is 0 Å². The quantitative estimate of drug-likeness (QED) is 0.545. The third-order valence-corrected chi connectivity index (χ3v) is 7.09. The van der Waals surface area contributed by atoms with Crippen LogP contribution in [0.3, 0.4) is 0 Å². The molecule has 2 aliphatic heterocycles. The molecule has 0 saturated carbocycles. The predicted octanol–water partition coefficient (Wildman–Crippen LogP) is 3.40. The van der Waals surface area contributed by atoms with Crippen molar-refractivity contribution < 1.29 is 0 Å². The molecule has 0 radical (unpaired) electrons. The van der Waals surface area contributed by atoms with E-state index in [9.17, 15) is 0 Å². The van der Waals surface area contributed by atoms with Crippen molar-refractivity contribution in [1.29, 1.82) is 0 Å². The highest BCUT2D eigenvalue weighted by atomic mass is 32.1. The summed E-state index contributed by atoms with van der Waals surface area (Å²) in [5, 5.41) is 7.08. The fraction of sp³-hybridized carbons (Fsp3) is 0.542. The number of anilines is 1. The summed E-state index contributed by atoms with van der Waals surface area (Å²) in [6.07, 6.45) is 2.41. The molecule has 0 aliphatic carbocycles. The molecule has 4 rings (SSSR count). The average molecular weight is 426 g/mol. The van der Waals surface area contributed by atoms with E-state index in [1.807, 2.05) is 11.3 Å². The van der Waals surface area contributed by atoms with Gasteiger partial charge in [-0.15, -0.1) is 11.3 Å². The Bertz CT molecular complexity index is 768. The number of benzene rings is 1. The highest BCUT2D eigenvalue weighted by molar-refractivity contribution is 7.14. The van der Waals surface area contributed by atoms with Crippen molar-refractivity contribution in [2.75, 3.05) is 63.8 Å². The maximum Gasteiger partial charge on any atom is 0.194 e. The Morgan fingerprint density at radius 2 is 1.90 bits per heavy atom. The Hall–Kier alpha value is -2.05. The number of guanidine groups is 1. The van der Waals surface area contributed by atoms with Gasteiger partial charge in [0.1, 0.15) is 0 Å². The second kappa shape index (κ2) is 10.8. The number of thiophene rings is 1. The number of likely N-dealkylation sites (tertiary alicyclic amines) is 1. The number of hydrogen-bond acceptors (Lipinski definition) is 4. The molecule has 162 valence electrons. The van der Waals surface area contributed by atoms with E-state index in [0.29, 0.717) is 5.92 Å². The van der Waals surface area contributed by atoms with Crippen LogP contribution in [0.15, 0.2) is 52.8 Å². The van der Waals surface area contributed by atoms with Crippen molar-refractivity contribution in [2.45, 2.75) is 19.8 Å². The van der Waals surface area contributed by atoms with Crippen molar-refractivity contribution in [3.05, 3.63) is 53.4 Å². The van der Waals surface area contributed by atoms with Gasteiger partial charge in [0.05, 0.1) is 5.00 Å². The minimum absolute atomic E-state index is 0.682. The van der Waals surface area contributed by atoms with E-state index in [1.165, 1.54) is 30.1 Å². The Labute approximate surface area is 185 Å². The van der Waals surface area contributed by atoms with E-state index in [2.05, 4.69) is 74.8 Å². The minimum Gasteiger partial charge on any atom is -0.360 e. The van der Waals surface area contributed by atoms with Gasteiger partial charge in [0.15, 0.2) is 5.96 Å². The molecule has 1 unspecified atom stereocenters. The van der Waals surface area contributed by atoms with Crippen molar-refractivity contribution in [3.8, 4) is 0 Å². The van der Waals surface area contributed by atoms with Gasteiger partial charge in [-0.2, -0.15) is 0 Å². The molecule has 0 spiro atoms. The van der Waals surface area contributed by atoms with Crippen LogP contribution in [-0.4, -0.2) is 74.7 Å². The van der Waals surface area contributed by atoms with Gasteiger partial charge in [-0.25, -0.2) is 0 Å². The van der Waals surface area contributed by atoms with E-state index in [-0.39, 0.29) is 0 Å². The van der Waals surface area contributed by atoms with Crippen molar-refractivity contribution in [3.63, 3.8) is 0 Å². The predicted molar refractivity (Wildman–Crippen MR) is 129 cm³/mol. The molecule has 2 fully saturated rings. The third-order valence-electron chi connectivity index (χ3n) is 6.16. The zero-order valence-electron chi connectivity index (χ0n) is 18.2. The van der Waals surface area contributed by atoms with Crippen LogP contribution < -0.4 is 10.2 Å². The Morgan fingerprint density at radius 1 is 1.07 bits per heavy atom. The molecule has 1 N–H and O–H groups in total. The number of hydrogen-bond donors (Lipinski definition) is 1. The van der Waals surface area contributed by atoms with Gasteiger partial charge < -0.3 is 20.0 Å². The summed E-state index contributed by atoms with van der Waals surface area (Å²) in [4.78, 5) is 12.6. The largest absolute Gasteiger partial charge is 0.360 e. The zero-order valence-corrected chi connectivity index (χ0v) is 19.0. The summed E-state index contributed by atoms with van der Waals surface area (Å²) in [5.41, 5.74) is 1.44. The third kappa shape index (κ3) is 5.76. The molecule has 1 aromatic heterocycles. The van der Waals surface area contributed by atoms with Crippen LogP contribution in [0.1, 0.15) is 18.9 Å². The number of nitrogens with one attached hydrogen (secondary N) is 1. The molecule has 3 heterocycles. The fourth-order valence-electron chi connectivity index (χ4n) is 4.43. The van der Waals surface area contributed by atoms with Gasteiger partial charge in [-0.3, -0.25) is 4.99 Å². The topological polar surface area (TPSA) is 34.1 Å². The maximum atomic E-state index is 5.05. The summed E-state index contributed by atoms with van der Waals surface area (Å²) >= 11 is 1.84. The summed E-state index contributed by atoms with van der Waals surface area (Å²) in [7, 11) is 0. The lowest BCUT2D eigenvalue weighted by atomic mass is 10.1. The Morgan fingerprint density at radius 3 is 2.63 bits per heavy atom. The molecule has 2 saturated heterocycles. The van der Waals surface area contributed by atoms with Crippen LogP contribution in [0.5, 0.6) is 0 Å². The molecule has 5 nitrogen and oxygen atoms in total. The summed E-state index contributed by atoms with van der Waals surface area (Å²) in [6, 6.07) is 15.2. The normalized spacial score (nSPS) is 20.7. The van der Waals surface area contributed by atoms with E-state index in [1.54, 1.807) is 0 Å². The van der Waals surface area contributed by atoms with Crippen LogP contribution >= 0.6 is 11.3 Å². The summed E-state index contributed by atoms with van der Waals surface area (Å²) in [5.74, 6) is 1.79. The SMILES string of the molecule is CCNC(=NCC1CCN(CCc2ccccc2)C1)N1CCN(c2cccs2)CC1. The lowest BCUT2D eigenvalue weighted by Gasteiger charge is -2.37. The zero-order chi connectivity index (χ0) is 20.6. The highest BCUT2D eigenvalue weighted by Crippen LogP contribution is 2.22. The Kier molecular flexibility index (Phi) is 7.65. The van der Waals surface area contributed by atoms with Gasteiger partial charge >= 0.3 is 0 Å². The first-order chi connectivity index (χ1) is 14.8. The molecule has 6 heteroatoms. The van der Waals surface area contributed by atoms with Crippen LogP contribution in [0.25, 0.3) is 0 Å². The first-order valence-corrected chi connectivity index (χ1v) is 12.3. The number of piperazine rings is 1. The first-order valence-electron chi connectivity index (χ1n) is 11.4. The van der Waals surface area contributed by atoms with Gasteiger partial charge in [0, 0.05) is 52.4 Å². The van der Waals surface area contributed by atoms with Gasteiger partial charge in [-0.1, -0.05) is 30.3 Å². The van der Waals surface area contributed by atoms with Crippen molar-refractivity contribution in [2.24, 2.45) is 10.9 Å². The average Bonchev–Trinajstić information content (AvgIpc) is 3.48. The van der Waals surface area contributed by atoms with Crippen molar-refractivity contribution in [1.82, 2.24) is 15.1 Å². The maximum absolute atomic E-state index is 5.05. The second-order valence-corrected chi connectivity index (χ2v) is 9.24. The standard InChI is InChI=1S/C24H35N5S/c1-2-25-24(29-16-14-28(15-17-29)23-9-6-18-30-23)26-19-22-11-13-27(20-22)12-10-21-7-4-3-5-8-21/h3-9,18,22H,2,10-17,19-20H2,1H3,(H,25,26). The summed E-state index contributed by atoms with van der Waals surface area (Å²) < 4.78 is 0. The molecular weight excluding hydrogens is 390 g/mol. The number of rotatable bonds is 7. The molecule has 30 heavy (non-hydrogen) atoms. The van der Waals surface area contributed by atoms with E-state index >= 15 is 0 Å². The fourth-order valence-corrected chi connectivity index (χ4v) is 5.21. The minimum atomic E-state index is 0.682. The molecule has 1 aromatic carbocycles. The van der Waals surface area contributed by atoms with Crippen LogP contribution in [-0.2, 0) is 6.42 Å². The van der Waals surface area contributed by atoms with E-state index < -0.39 is 0 Å². The highest BCUT2D eigenvalue weighted by Gasteiger charge is 2.24. The van der Waals surface area contributed by atoms with Crippen LogP contribution in [0.2, 0.25) is 0 Å². The van der Waals surface area contributed by atoms with E-state index in [4.69, 9.17) is 4.99 Å².